The van der Waals surface area contributed by atoms with Crippen LogP contribution in [0.1, 0.15) is 36.3 Å². The summed E-state index contributed by atoms with van der Waals surface area (Å²) in [4.78, 5) is 20.8. The number of amides is 1. The Morgan fingerprint density at radius 1 is 1.15 bits per heavy atom. The normalized spacial score (nSPS) is 15.4. The quantitative estimate of drug-likeness (QED) is 0.545. The first-order valence-electron chi connectivity index (χ1n) is 9.58. The van der Waals surface area contributed by atoms with E-state index in [1.54, 1.807) is 11.3 Å². The number of hydrogen-bond acceptors (Lipinski definition) is 4. The van der Waals surface area contributed by atoms with E-state index < -0.39 is 0 Å². The fraction of sp³-hybridized carbons (Fsp3) is 0.364. The lowest BCUT2D eigenvalue weighted by atomic mass is 9.97. The molecule has 0 saturated carbocycles. The summed E-state index contributed by atoms with van der Waals surface area (Å²) in [6, 6.07) is 16.7. The van der Waals surface area contributed by atoms with Crippen molar-refractivity contribution in [2.45, 2.75) is 37.0 Å². The SMILES string of the molecule is CCSc1ccc(CC(=O)N2CCC(c3nc4ccccc4s3)CC2)cc1. The highest BCUT2D eigenvalue weighted by molar-refractivity contribution is 7.99. The molecule has 2 aromatic carbocycles. The van der Waals surface area contributed by atoms with Gasteiger partial charge in [-0.05, 0) is 48.4 Å². The van der Waals surface area contributed by atoms with Crippen molar-refractivity contribution in [2.75, 3.05) is 18.8 Å². The van der Waals surface area contributed by atoms with Crippen molar-refractivity contribution >= 4 is 39.2 Å². The van der Waals surface area contributed by atoms with Crippen LogP contribution in [0, 0.1) is 0 Å². The van der Waals surface area contributed by atoms with Gasteiger partial charge in [-0.25, -0.2) is 4.98 Å². The van der Waals surface area contributed by atoms with E-state index in [2.05, 4.69) is 49.4 Å². The Balaban J connectivity index is 1.33. The number of nitrogens with zero attached hydrogens (tertiary/aromatic N) is 2. The lowest BCUT2D eigenvalue weighted by molar-refractivity contribution is -0.131. The summed E-state index contributed by atoms with van der Waals surface area (Å²) < 4.78 is 1.26. The van der Waals surface area contributed by atoms with Crippen LogP contribution in [0.15, 0.2) is 53.4 Å². The Morgan fingerprint density at radius 3 is 2.59 bits per heavy atom. The molecule has 1 saturated heterocycles. The number of para-hydroxylation sites is 1. The first kappa shape index (κ1) is 18.5. The number of carbonyl (C=O) groups is 1. The Kier molecular flexibility index (Phi) is 5.79. The van der Waals surface area contributed by atoms with Gasteiger partial charge in [0.1, 0.15) is 0 Å². The number of aromatic nitrogens is 1. The van der Waals surface area contributed by atoms with Crippen molar-refractivity contribution in [2.24, 2.45) is 0 Å². The van der Waals surface area contributed by atoms with E-state index in [0.29, 0.717) is 12.3 Å². The second-order valence-corrected chi connectivity index (χ2v) is 9.33. The highest BCUT2D eigenvalue weighted by atomic mass is 32.2. The molecule has 1 aliphatic rings. The van der Waals surface area contributed by atoms with E-state index in [0.717, 1.165) is 42.8 Å². The molecule has 1 fully saturated rings. The number of hydrogen-bond donors (Lipinski definition) is 0. The fourth-order valence-electron chi connectivity index (χ4n) is 3.60. The van der Waals surface area contributed by atoms with Gasteiger partial charge in [0.15, 0.2) is 0 Å². The van der Waals surface area contributed by atoms with Crippen molar-refractivity contribution in [1.29, 1.82) is 0 Å². The molecule has 0 unspecified atom stereocenters. The van der Waals surface area contributed by atoms with Crippen LogP contribution in [0.25, 0.3) is 10.2 Å². The van der Waals surface area contributed by atoms with Crippen LogP contribution in [-0.4, -0.2) is 34.6 Å². The van der Waals surface area contributed by atoms with Gasteiger partial charge < -0.3 is 4.90 Å². The minimum atomic E-state index is 0.244. The van der Waals surface area contributed by atoms with Crippen LogP contribution in [0.3, 0.4) is 0 Å². The topological polar surface area (TPSA) is 33.2 Å². The number of carbonyl (C=O) groups excluding carboxylic acids is 1. The molecule has 0 bridgehead atoms. The van der Waals surface area contributed by atoms with Crippen LogP contribution in [0.2, 0.25) is 0 Å². The average Bonchev–Trinajstić information content (AvgIpc) is 3.14. The van der Waals surface area contributed by atoms with Crippen LogP contribution in [0.5, 0.6) is 0 Å². The average molecular weight is 397 g/mol. The third-order valence-electron chi connectivity index (χ3n) is 5.10. The zero-order chi connectivity index (χ0) is 18.6. The van der Waals surface area contributed by atoms with E-state index >= 15 is 0 Å². The minimum absolute atomic E-state index is 0.244. The zero-order valence-corrected chi connectivity index (χ0v) is 17.2. The van der Waals surface area contributed by atoms with Crippen molar-refractivity contribution in [3.8, 4) is 0 Å². The van der Waals surface area contributed by atoms with Gasteiger partial charge in [-0.3, -0.25) is 4.79 Å². The molecule has 0 aliphatic carbocycles. The molecular weight excluding hydrogens is 372 g/mol. The molecule has 3 nitrogen and oxygen atoms in total. The lowest BCUT2D eigenvalue weighted by Gasteiger charge is -2.31. The molecule has 0 radical (unpaired) electrons. The molecular formula is C22H24N2OS2. The Bertz CT molecular complexity index is 878. The number of benzene rings is 2. The number of likely N-dealkylation sites (tertiary alicyclic amines) is 1. The predicted octanol–water partition coefficient (Wildman–Crippen LogP) is 5.36. The Hall–Kier alpha value is -1.85. The van der Waals surface area contributed by atoms with Gasteiger partial charge >= 0.3 is 0 Å². The third kappa shape index (κ3) is 4.36. The summed E-state index contributed by atoms with van der Waals surface area (Å²) in [5.41, 5.74) is 2.20. The van der Waals surface area contributed by atoms with Crippen LogP contribution in [0.4, 0.5) is 0 Å². The number of piperidine rings is 1. The van der Waals surface area contributed by atoms with Gasteiger partial charge in [-0.15, -0.1) is 23.1 Å². The highest BCUT2D eigenvalue weighted by Gasteiger charge is 2.25. The lowest BCUT2D eigenvalue weighted by Crippen LogP contribution is -2.38. The van der Waals surface area contributed by atoms with Gasteiger partial charge in [-0.2, -0.15) is 0 Å². The summed E-state index contributed by atoms with van der Waals surface area (Å²) in [6.45, 7) is 3.83. The highest BCUT2D eigenvalue weighted by Crippen LogP contribution is 2.33. The largest absolute Gasteiger partial charge is 0.342 e. The molecule has 140 valence electrons. The van der Waals surface area contributed by atoms with Gasteiger partial charge in [0, 0.05) is 23.9 Å². The van der Waals surface area contributed by atoms with Gasteiger partial charge in [0.25, 0.3) is 0 Å². The third-order valence-corrected chi connectivity index (χ3v) is 7.19. The molecule has 4 rings (SSSR count). The molecule has 27 heavy (non-hydrogen) atoms. The molecule has 5 heteroatoms. The van der Waals surface area contributed by atoms with E-state index in [1.165, 1.54) is 14.6 Å². The van der Waals surface area contributed by atoms with E-state index in [9.17, 15) is 4.79 Å². The smallest absolute Gasteiger partial charge is 0.226 e. The Labute approximate surface area is 168 Å². The number of fused-ring (bicyclic) bond motifs is 1. The molecule has 3 aromatic rings. The van der Waals surface area contributed by atoms with Gasteiger partial charge in [0.05, 0.1) is 21.6 Å². The van der Waals surface area contributed by atoms with Crippen molar-refractivity contribution in [1.82, 2.24) is 9.88 Å². The van der Waals surface area contributed by atoms with E-state index in [4.69, 9.17) is 4.98 Å². The zero-order valence-electron chi connectivity index (χ0n) is 15.6. The Morgan fingerprint density at radius 2 is 1.89 bits per heavy atom. The van der Waals surface area contributed by atoms with Crippen LogP contribution in [-0.2, 0) is 11.2 Å². The van der Waals surface area contributed by atoms with Crippen molar-refractivity contribution in [3.05, 3.63) is 59.1 Å². The summed E-state index contributed by atoms with van der Waals surface area (Å²) in [6.07, 6.45) is 2.53. The number of rotatable bonds is 5. The first-order valence-corrected chi connectivity index (χ1v) is 11.4. The minimum Gasteiger partial charge on any atom is -0.342 e. The summed E-state index contributed by atoms with van der Waals surface area (Å²) in [5, 5.41) is 1.23. The maximum Gasteiger partial charge on any atom is 0.226 e. The molecule has 0 atom stereocenters. The fourth-order valence-corrected chi connectivity index (χ4v) is 5.40. The number of thiazole rings is 1. The monoisotopic (exact) mass is 396 g/mol. The molecule has 1 aliphatic heterocycles. The van der Waals surface area contributed by atoms with Crippen molar-refractivity contribution < 1.29 is 4.79 Å². The molecule has 2 heterocycles. The van der Waals surface area contributed by atoms with Crippen molar-refractivity contribution in [3.63, 3.8) is 0 Å². The number of thioether (sulfide) groups is 1. The summed E-state index contributed by atoms with van der Waals surface area (Å²) >= 11 is 3.63. The van der Waals surface area contributed by atoms with E-state index in [-0.39, 0.29) is 5.91 Å². The first-order chi connectivity index (χ1) is 13.2. The second-order valence-electron chi connectivity index (χ2n) is 6.93. The maximum absolute atomic E-state index is 12.7. The summed E-state index contributed by atoms with van der Waals surface area (Å²) in [7, 11) is 0. The van der Waals surface area contributed by atoms with E-state index in [1.807, 2.05) is 22.7 Å². The molecule has 0 N–H and O–H groups in total. The predicted molar refractivity (Wildman–Crippen MR) is 115 cm³/mol. The van der Waals surface area contributed by atoms with Gasteiger partial charge in [-0.1, -0.05) is 31.2 Å². The molecule has 0 spiro atoms. The standard InChI is InChI=1S/C22H24N2OS2/c1-2-26-18-9-7-16(8-10-18)15-21(25)24-13-11-17(12-14-24)22-23-19-5-3-4-6-20(19)27-22/h3-10,17H,2,11-15H2,1H3. The van der Waals surface area contributed by atoms with Gasteiger partial charge in [0.2, 0.25) is 5.91 Å². The van der Waals surface area contributed by atoms with Crippen LogP contribution < -0.4 is 0 Å². The molecule has 1 aromatic heterocycles. The molecule has 1 amide bonds. The second kappa shape index (κ2) is 8.44. The maximum atomic E-state index is 12.7. The van der Waals surface area contributed by atoms with Crippen LogP contribution >= 0.6 is 23.1 Å². The summed E-state index contributed by atoms with van der Waals surface area (Å²) in [5.74, 6) is 1.80.